The van der Waals surface area contributed by atoms with E-state index in [0.717, 1.165) is 5.56 Å². The van der Waals surface area contributed by atoms with E-state index < -0.39 is 10.0 Å². The van der Waals surface area contributed by atoms with E-state index in [0.29, 0.717) is 11.5 Å². The van der Waals surface area contributed by atoms with Gasteiger partial charge in [0.25, 0.3) is 0 Å². The van der Waals surface area contributed by atoms with E-state index in [1.54, 1.807) is 25.1 Å². The summed E-state index contributed by atoms with van der Waals surface area (Å²) in [6.07, 6.45) is 0. The molecule has 0 amide bonds. The maximum atomic E-state index is 13.1. The molecule has 1 heterocycles. The summed E-state index contributed by atoms with van der Waals surface area (Å²) >= 11 is 0. The molecule has 0 fully saturated rings. The van der Waals surface area contributed by atoms with E-state index in [4.69, 9.17) is 4.52 Å². The predicted octanol–water partition coefficient (Wildman–Crippen LogP) is 3.28. The average Bonchev–Trinajstić information content (AvgIpc) is 2.85. The fourth-order valence-corrected chi connectivity index (χ4v) is 4.05. The van der Waals surface area contributed by atoms with Gasteiger partial charge < -0.3 is 4.52 Å². The first-order valence-electron chi connectivity index (χ1n) is 7.34. The molecule has 2 rings (SSSR count). The van der Waals surface area contributed by atoms with Crippen LogP contribution >= 0.6 is 0 Å². The van der Waals surface area contributed by atoms with Crippen LogP contribution in [-0.4, -0.2) is 24.9 Å². The van der Waals surface area contributed by atoms with Crippen LogP contribution in [0.1, 0.15) is 36.9 Å². The summed E-state index contributed by atoms with van der Waals surface area (Å²) in [6.45, 7) is 5.57. The fourth-order valence-electron chi connectivity index (χ4n) is 2.62. The van der Waals surface area contributed by atoms with Crippen molar-refractivity contribution in [2.24, 2.45) is 5.92 Å². The molecule has 0 saturated carbocycles. The van der Waals surface area contributed by atoms with Crippen molar-refractivity contribution in [3.63, 3.8) is 0 Å². The minimum atomic E-state index is -3.59. The van der Waals surface area contributed by atoms with Crippen LogP contribution in [0.4, 0.5) is 4.39 Å². The van der Waals surface area contributed by atoms with Crippen LogP contribution in [0.15, 0.2) is 34.9 Å². The zero-order valence-electron chi connectivity index (χ0n) is 13.7. The number of hydrogen-bond donors (Lipinski definition) is 0. The van der Waals surface area contributed by atoms with Gasteiger partial charge in [0.2, 0.25) is 10.0 Å². The minimum absolute atomic E-state index is 0.0271. The quantitative estimate of drug-likeness (QED) is 0.809. The van der Waals surface area contributed by atoms with Crippen LogP contribution < -0.4 is 0 Å². The molecule has 2 aromatic rings. The predicted molar refractivity (Wildman–Crippen MR) is 85.6 cm³/mol. The van der Waals surface area contributed by atoms with E-state index >= 15 is 0 Å². The molecule has 1 aromatic heterocycles. The summed E-state index contributed by atoms with van der Waals surface area (Å²) in [6, 6.07) is 7.14. The third kappa shape index (κ3) is 4.17. The van der Waals surface area contributed by atoms with E-state index in [-0.39, 0.29) is 23.5 Å². The molecular weight excluding hydrogens is 319 g/mol. The normalized spacial score (nSPS) is 13.7. The Labute approximate surface area is 136 Å². The number of benzene rings is 1. The average molecular weight is 340 g/mol. The van der Waals surface area contributed by atoms with E-state index in [2.05, 4.69) is 5.16 Å². The Kier molecular flexibility index (Phi) is 5.21. The minimum Gasteiger partial charge on any atom is -0.361 e. The van der Waals surface area contributed by atoms with Gasteiger partial charge in [-0.15, -0.1) is 0 Å². The van der Waals surface area contributed by atoms with Crippen LogP contribution in [0.3, 0.4) is 0 Å². The Morgan fingerprint density at radius 2 is 1.87 bits per heavy atom. The monoisotopic (exact) mass is 340 g/mol. The van der Waals surface area contributed by atoms with Crippen molar-refractivity contribution in [1.29, 1.82) is 0 Å². The first kappa shape index (κ1) is 17.6. The van der Waals surface area contributed by atoms with Crippen molar-refractivity contribution in [3.05, 3.63) is 53.2 Å². The lowest BCUT2D eigenvalue weighted by Gasteiger charge is -2.30. The molecule has 1 aromatic carbocycles. The van der Waals surface area contributed by atoms with E-state index in [1.807, 2.05) is 13.8 Å². The molecule has 0 N–H and O–H groups in total. The molecule has 0 aliphatic rings. The smallest absolute Gasteiger partial charge is 0.220 e. The number of hydrogen-bond acceptors (Lipinski definition) is 4. The molecule has 0 spiro atoms. The van der Waals surface area contributed by atoms with Gasteiger partial charge in [-0.3, -0.25) is 0 Å². The number of rotatable bonds is 6. The summed E-state index contributed by atoms with van der Waals surface area (Å²) in [7, 11) is -2.05. The fraction of sp³-hybridized carbons (Fsp3) is 0.438. The maximum absolute atomic E-state index is 13.1. The van der Waals surface area contributed by atoms with Gasteiger partial charge in [-0.2, -0.15) is 4.31 Å². The Morgan fingerprint density at radius 3 is 2.35 bits per heavy atom. The standard InChI is InChI=1S/C16H21FN2O3S/c1-11(2)16(13-5-7-14(17)8-6-13)19(4)23(20,21)10-15-9-12(3)22-18-15/h5-9,11,16H,10H2,1-4H3. The Hall–Kier alpha value is -1.73. The van der Waals surface area contributed by atoms with E-state index in [1.165, 1.54) is 23.5 Å². The molecule has 23 heavy (non-hydrogen) atoms. The molecule has 7 heteroatoms. The second-order valence-electron chi connectivity index (χ2n) is 5.94. The van der Waals surface area contributed by atoms with Crippen LogP contribution in [0.2, 0.25) is 0 Å². The lowest BCUT2D eigenvalue weighted by atomic mass is 9.96. The highest BCUT2D eigenvalue weighted by atomic mass is 32.2. The molecule has 1 unspecified atom stereocenters. The van der Waals surface area contributed by atoms with Crippen molar-refractivity contribution in [3.8, 4) is 0 Å². The highest BCUT2D eigenvalue weighted by Crippen LogP contribution is 2.30. The topological polar surface area (TPSA) is 63.4 Å². The summed E-state index contributed by atoms with van der Waals surface area (Å²) in [5.41, 5.74) is 1.12. The molecule has 5 nitrogen and oxygen atoms in total. The zero-order valence-corrected chi connectivity index (χ0v) is 14.5. The maximum Gasteiger partial charge on any atom is 0.220 e. The van der Waals surface area contributed by atoms with Crippen molar-refractivity contribution < 1.29 is 17.3 Å². The number of sulfonamides is 1. The van der Waals surface area contributed by atoms with E-state index in [9.17, 15) is 12.8 Å². The summed E-state index contributed by atoms with van der Waals surface area (Å²) < 4.78 is 44.7. The van der Waals surface area contributed by atoms with Crippen molar-refractivity contribution in [2.45, 2.75) is 32.6 Å². The van der Waals surface area contributed by atoms with Gasteiger partial charge in [0.15, 0.2) is 0 Å². The number of halogens is 1. The van der Waals surface area contributed by atoms with Gasteiger partial charge in [0.05, 0.1) is 6.04 Å². The Balaban J connectivity index is 2.29. The molecule has 0 saturated heterocycles. The third-order valence-corrected chi connectivity index (χ3v) is 5.45. The van der Waals surface area contributed by atoms with Gasteiger partial charge in [0.1, 0.15) is 23.0 Å². The first-order valence-corrected chi connectivity index (χ1v) is 8.95. The van der Waals surface area contributed by atoms with Gasteiger partial charge >= 0.3 is 0 Å². The van der Waals surface area contributed by atoms with Crippen molar-refractivity contribution in [1.82, 2.24) is 9.46 Å². The number of aromatic nitrogens is 1. The molecular formula is C16H21FN2O3S. The molecule has 126 valence electrons. The molecule has 0 aliphatic carbocycles. The lowest BCUT2D eigenvalue weighted by Crippen LogP contribution is -2.35. The lowest BCUT2D eigenvalue weighted by molar-refractivity contribution is 0.299. The van der Waals surface area contributed by atoms with Gasteiger partial charge in [0, 0.05) is 13.1 Å². The Morgan fingerprint density at radius 1 is 1.26 bits per heavy atom. The number of aryl methyl sites for hydroxylation is 1. The summed E-state index contributed by atoms with van der Waals surface area (Å²) in [5.74, 6) is 0.0153. The molecule has 1 atom stereocenters. The van der Waals surface area contributed by atoms with Crippen LogP contribution in [-0.2, 0) is 15.8 Å². The van der Waals surface area contributed by atoms with Crippen LogP contribution in [0, 0.1) is 18.7 Å². The largest absolute Gasteiger partial charge is 0.361 e. The summed E-state index contributed by atoms with van der Waals surface area (Å²) in [5, 5.41) is 3.74. The number of nitrogens with zero attached hydrogens (tertiary/aromatic N) is 2. The van der Waals surface area contributed by atoms with Gasteiger partial charge in [-0.25, -0.2) is 12.8 Å². The highest BCUT2D eigenvalue weighted by molar-refractivity contribution is 7.88. The summed E-state index contributed by atoms with van der Waals surface area (Å²) in [4.78, 5) is 0. The third-order valence-electron chi connectivity index (χ3n) is 3.68. The zero-order chi connectivity index (χ0) is 17.2. The SMILES string of the molecule is Cc1cc(CS(=O)(=O)N(C)C(c2ccc(F)cc2)C(C)C)no1. The van der Waals surface area contributed by atoms with Crippen molar-refractivity contribution >= 4 is 10.0 Å². The molecule has 0 bridgehead atoms. The van der Waals surface area contributed by atoms with Crippen molar-refractivity contribution in [2.75, 3.05) is 7.05 Å². The highest BCUT2D eigenvalue weighted by Gasteiger charge is 2.30. The van der Waals surface area contributed by atoms with Crippen LogP contribution in [0.5, 0.6) is 0 Å². The first-order chi connectivity index (χ1) is 10.7. The second-order valence-corrected chi connectivity index (χ2v) is 7.97. The van der Waals surface area contributed by atoms with Gasteiger partial charge in [-0.05, 0) is 30.5 Å². The molecule has 0 radical (unpaired) electrons. The second kappa shape index (κ2) is 6.80. The molecule has 0 aliphatic heterocycles. The van der Waals surface area contributed by atoms with Gasteiger partial charge in [-0.1, -0.05) is 31.1 Å². The van der Waals surface area contributed by atoms with Crippen LogP contribution in [0.25, 0.3) is 0 Å². The Bertz CT molecular complexity index is 754.